The highest BCUT2D eigenvalue weighted by molar-refractivity contribution is 7.89. The highest BCUT2D eigenvalue weighted by atomic mass is 32.2. The molecule has 1 aromatic carbocycles. The summed E-state index contributed by atoms with van der Waals surface area (Å²) in [7, 11) is -3.21. The molecule has 0 spiro atoms. The molecule has 2 fully saturated rings. The first-order valence-electron chi connectivity index (χ1n) is 9.37. The number of sulfonamides is 1. The highest BCUT2D eigenvalue weighted by Gasteiger charge is 2.33. The van der Waals surface area contributed by atoms with E-state index in [4.69, 9.17) is 0 Å². The lowest BCUT2D eigenvalue weighted by Gasteiger charge is -2.32. The number of benzene rings is 1. The average Bonchev–Trinajstić information content (AvgIpc) is 3.17. The minimum Gasteiger partial charge on any atom is -0.342 e. The van der Waals surface area contributed by atoms with Gasteiger partial charge in [-0.1, -0.05) is 30.3 Å². The van der Waals surface area contributed by atoms with E-state index in [1.807, 2.05) is 35.2 Å². The van der Waals surface area contributed by atoms with Crippen LogP contribution in [0.3, 0.4) is 0 Å². The Morgan fingerprint density at radius 3 is 2.28 bits per heavy atom. The zero-order valence-electron chi connectivity index (χ0n) is 14.8. The minimum absolute atomic E-state index is 0.00821. The summed E-state index contributed by atoms with van der Waals surface area (Å²) in [4.78, 5) is 14.4. The fourth-order valence-corrected chi connectivity index (χ4v) is 5.34. The number of aryl methyl sites for hydroxylation is 1. The Kier molecular flexibility index (Phi) is 6.12. The zero-order valence-corrected chi connectivity index (χ0v) is 15.6. The second-order valence-corrected chi connectivity index (χ2v) is 9.20. The Bertz CT molecular complexity index is 661. The third-order valence-electron chi connectivity index (χ3n) is 5.32. The first-order valence-corrected chi connectivity index (χ1v) is 11.0. The number of carbonyl (C=O) groups is 1. The zero-order chi connectivity index (χ0) is 17.7. The smallest absolute Gasteiger partial charge is 0.225 e. The number of rotatable bonds is 6. The number of amides is 1. The lowest BCUT2D eigenvalue weighted by molar-refractivity contribution is -0.135. The van der Waals surface area contributed by atoms with Gasteiger partial charge in [-0.25, -0.2) is 12.7 Å². The van der Waals surface area contributed by atoms with E-state index in [0.29, 0.717) is 32.4 Å². The first kappa shape index (κ1) is 18.4. The SMILES string of the molecule is O=C(C1CCN(S(=O)(=O)CCCc2ccccc2)CC1)N1CCCC1. The molecule has 0 radical (unpaired) electrons. The largest absolute Gasteiger partial charge is 0.342 e. The van der Waals surface area contributed by atoms with Gasteiger partial charge in [0, 0.05) is 32.1 Å². The van der Waals surface area contributed by atoms with Gasteiger partial charge < -0.3 is 4.90 Å². The molecule has 5 nitrogen and oxygen atoms in total. The topological polar surface area (TPSA) is 57.7 Å². The van der Waals surface area contributed by atoms with E-state index in [9.17, 15) is 13.2 Å². The number of hydrogen-bond acceptors (Lipinski definition) is 3. The highest BCUT2D eigenvalue weighted by Crippen LogP contribution is 2.24. The van der Waals surface area contributed by atoms with Crippen molar-refractivity contribution in [3.05, 3.63) is 35.9 Å². The van der Waals surface area contributed by atoms with Crippen molar-refractivity contribution in [1.82, 2.24) is 9.21 Å². The van der Waals surface area contributed by atoms with Crippen molar-refractivity contribution >= 4 is 15.9 Å². The fourth-order valence-electron chi connectivity index (χ4n) is 3.81. The van der Waals surface area contributed by atoms with Gasteiger partial charge in [-0.3, -0.25) is 4.79 Å². The quantitative estimate of drug-likeness (QED) is 0.778. The molecule has 25 heavy (non-hydrogen) atoms. The third kappa shape index (κ3) is 4.82. The number of hydrogen-bond donors (Lipinski definition) is 0. The maximum absolute atomic E-state index is 12.5. The molecule has 1 amide bonds. The minimum atomic E-state index is -3.21. The molecular weight excluding hydrogens is 336 g/mol. The van der Waals surface area contributed by atoms with E-state index in [1.54, 1.807) is 4.31 Å². The van der Waals surface area contributed by atoms with E-state index in [1.165, 1.54) is 5.56 Å². The van der Waals surface area contributed by atoms with E-state index in [2.05, 4.69) is 0 Å². The Hall–Kier alpha value is -1.40. The van der Waals surface area contributed by atoms with E-state index in [-0.39, 0.29) is 17.6 Å². The van der Waals surface area contributed by atoms with Crippen LogP contribution in [0.5, 0.6) is 0 Å². The predicted molar refractivity (Wildman–Crippen MR) is 98.7 cm³/mol. The van der Waals surface area contributed by atoms with Crippen molar-refractivity contribution < 1.29 is 13.2 Å². The molecule has 3 rings (SSSR count). The van der Waals surface area contributed by atoms with Gasteiger partial charge in [0.25, 0.3) is 0 Å². The van der Waals surface area contributed by atoms with Crippen molar-refractivity contribution in [1.29, 1.82) is 0 Å². The maximum Gasteiger partial charge on any atom is 0.225 e. The van der Waals surface area contributed by atoms with Crippen LogP contribution in [-0.2, 0) is 21.2 Å². The van der Waals surface area contributed by atoms with Gasteiger partial charge in [0.2, 0.25) is 15.9 Å². The van der Waals surface area contributed by atoms with Crippen LogP contribution >= 0.6 is 0 Å². The molecule has 2 aliphatic rings. The summed E-state index contributed by atoms with van der Waals surface area (Å²) in [5.74, 6) is 0.430. The molecule has 0 N–H and O–H groups in total. The lowest BCUT2D eigenvalue weighted by Crippen LogP contribution is -2.44. The number of carbonyl (C=O) groups excluding carboxylic acids is 1. The van der Waals surface area contributed by atoms with Crippen molar-refractivity contribution in [3.8, 4) is 0 Å². The van der Waals surface area contributed by atoms with Crippen LogP contribution < -0.4 is 0 Å². The Morgan fingerprint density at radius 2 is 1.64 bits per heavy atom. The van der Waals surface area contributed by atoms with Gasteiger partial charge in [0.1, 0.15) is 0 Å². The van der Waals surface area contributed by atoms with Gasteiger partial charge in [0.05, 0.1) is 5.75 Å². The van der Waals surface area contributed by atoms with E-state index in [0.717, 1.165) is 32.4 Å². The molecule has 0 saturated carbocycles. The van der Waals surface area contributed by atoms with Gasteiger partial charge in [0.15, 0.2) is 0 Å². The molecule has 138 valence electrons. The molecule has 1 aromatic rings. The Balaban J connectivity index is 1.45. The number of nitrogens with zero attached hydrogens (tertiary/aromatic N) is 2. The maximum atomic E-state index is 12.5. The van der Waals surface area contributed by atoms with Crippen LogP contribution in [0.25, 0.3) is 0 Å². The average molecular weight is 365 g/mol. The summed E-state index contributed by atoms with van der Waals surface area (Å²) in [6.07, 6.45) is 4.93. The second-order valence-electron chi connectivity index (χ2n) is 7.11. The van der Waals surface area contributed by atoms with Crippen LogP contribution in [0.4, 0.5) is 0 Å². The standard InChI is InChI=1S/C19H28N2O3S/c22-19(20-12-4-5-13-20)18-10-14-21(15-11-18)25(23,24)16-6-9-17-7-2-1-3-8-17/h1-3,7-8,18H,4-6,9-16H2. The van der Waals surface area contributed by atoms with Crippen LogP contribution in [0.1, 0.15) is 37.7 Å². The molecule has 0 bridgehead atoms. The molecule has 2 saturated heterocycles. The van der Waals surface area contributed by atoms with Crippen LogP contribution in [0.2, 0.25) is 0 Å². The van der Waals surface area contributed by atoms with Gasteiger partial charge >= 0.3 is 0 Å². The molecule has 0 aromatic heterocycles. The first-order chi connectivity index (χ1) is 12.1. The lowest BCUT2D eigenvalue weighted by atomic mass is 9.97. The molecular formula is C19H28N2O3S. The van der Waals surface area contributed by atoms with E-state index < -0.39 is 10.0 Å². The summed E-state index contributed by atoms with van der Waals surface area (Å²) in [5.41, 5.74) is 1.17. The number of likely N-dealkylation sites (tertiary alicyclic amines) is 1. The van der Waals surface area contributed by atoms with Crippen LogP contribution in [0.15, 0.2) is 30.3 Å². The van der Waals surface area contributed by atoms with Crippen molar-refractivity contribution in [2.24, 2.45) is 5.92 Å². The normalized spacial score (nSPS) is 20.1. The summed E-state index contributed by atoms with van der Waals surface area (Å²) in [5, 5.41) is 0. The van der Waals surface area contributed by atoms with Gasteiger partial charge in [-0.05, 0) is 44.1 Å². The predicted octanol–water partition coefficient (Wildman–Crippen LogP) is 2.28. The van der Waals surface area contributed by atoms with Crippen LogP contribution in [0, 0.1) is 5.92 Å². The van der Waals surface area contributed by atoms with Gasteiger partial charge in [-0.15, -0.1) is 0 Å². The monoisotopic (exact) mass is 364 g/mol. The third-order valence-corrected chi connectivity index (χ3v) is 7.28. The van der Waals surface area contributed by atoms with Gasteiger partial charge in [-0.2, -0.15) is 0 Å². The summed E-state index contributed by atoms with van der Waals surface area (Å²) in [6, 6.07) is 9.98. The van der Waals surface area contributed by atoms with Crippen molar-refractivity contribution in [2.45, 2.75) is 38.5 Å². The molecule has 2 aliphatic heterocycles. The van der Waals surface area contributed by atoms with E-state index >= 15 is 0 Å². The molecule has 0 aliphatic carbocycles. The summed E-state index contributed by atoms with van der Waals surface area (Å²) in [6.45, 7) is 2.71. The molecule has 6 heteroatoms. The molecule has 0 unspecified atom stereocenters. The number of piperidine rings is 1. The molecule has 2 heterocycles. The second kappa shape index (κ2) is 8.32. The Labute approximate surface area is 151 Å². The summed E-state index contributed by atoms with van der Waals surface area (Å²) >= 11 is 0. The summed E-state index contributed by atoms with van der Waals surface area (Å²) < 4.78 is 26.7. The van der Waals surface area contributed by atoms with Crippen molar-refractivity contribution in [3.63, 3.8) is 0 Å². The Morgan fingerprint density at radius 1 is 1.00 bits per heavy atom. The molecule has 0 atom stereocenters. The van der Waals surface area contributed by atoms with Crippen molar-refractivity contribution in [2.75, 3.05) is 31.9 Å². The van der Waals surface area contributed by atoms with Crippen LogP contribution in [-0.4, -0.2) is 55.5 Å². The fraction of sp³-hybridized carbons (Fsp3) is 0.632.